The number of nitrogens with zero attached hydrogens (tertiary/aromatic N) is 4. The summed E-state index contributed by atoms with van der Waals surface area (Å²) < 4.78 is 2.33. The Morgan fingerprint density at radius 1 is 1.02 bits per heavy atom. The lowest BCUT2D eigenvalue weighted by molar-refractivity contribution is 0.489. The number of aliphatic imine (C=N–C) groups is 2. The van der Waals surface area contributed by atoms with Crippen LogP contribution in [0.5, 0.6) is 0 Å². The van der Waals surface area contributed by atoms with Crippen LogP contribution < -0.4 is 10.6 Å². The molecule has 0 aliphatic heterocycles. The van der Waals surface area contributed by atoms with E-state index in [4.69, 9.17) is 16.8 Å². The number of fused-ring (bicyclic) bond motifs is 1. The maximum absolute atomic E-state index is 7.55. The SMILES string of the molecule is C#CC/C=c1\c(=C(/C)N(C/N=C(\C=C/N=C)C(/C)=C/C=C(/C)CC(=C)C(C)C=N)C(C)=C(C)C)n(-c2ccccc2)c2ccccc12. The van der Waals surface area contributed by atoms with Crippen LogP contribution in [0.3, 0.4) is 0 Å². The fourth-order valence-corrected chi connectivity index (χ4v) is 5.32. The molecule has 1 unspecified atom stereocenters. The van der Waals surface area contributed by atoms with E-state index in [0.717, 1.165) is 61.8 Å². The van der Waals surface area contributed by atoms with Gasteiger partial charge in [-0.05, 0) is 84.5 Å². The summed E-state index contributed by atoms with van der Waals surface area (Å²) in [5.41, 5.74) is 9.60. The Morgan fingerprint density at radius 3 is 2.34 bits per heavy atom. The summed E-state index contributed by atoms with van der Waals surface area (Å²) in [5, 5.41) is 10.9. The lowest BCUT2D eigenvalue weighted by Gasteiger charge is -2.26. The van der Waals surface area contributed by atoms with Crippen molar-refractivity contribution in [2.24, 2.45) is 15.9 Å². The molecule has 0 saturated carbocycles. The van der Waals surface area contributed by atoms with Crippen molar-refractivity contribution in [2.45, 2.75) is 61.3 Å². The minimum atomic E-state index is 0.0520. The van der Waals surface area contributed by atoms with Crippen LogP contribution in [0.25, 0.3) is 28.4 Å². The van der Waals surface area contributed by atoms with Gasteiger partial charge in [-0.1, -0.05) is 84.8 Å². The third-order valence-electron chi connectivity index (χ3n) is 8.37. The highest BCUT2D eigenvalue weighted by Gasteiger charge is 2.17. The molecule has 1 atom stereocenters. The van der Waals surface area contributed by atoms with Gasteiger partial charge in [0.05, 0.1) is 16.6 Å². The second kappa shape index (κ2) is 17.5. The molecule has 1 aromatic heterocycles. The second-order valence-electron chi connectivity index (χ2n) is 12.0. The molecule has 0 amide bonds. The molecule has 0 saturated heterocycles. The molecule has 0 spiro atoms. The maximum Gasteiger partial charge on any atom is 0.115 e. The summed E-state index contributed by atoms with van der Waals surface area (Å²) in [6, 6.07) is 18.9. The van der Waals surface area contributed by atoms with Crippen LogP contribution in [-0.2, 0) is 0 Å². The predicted octanol–water partition coefficient (Wildman–Crippen LogP) is 8.92. The third kappa shape index (κ3) is 9.17. The molecule has 0 aliphatic carbocycles. The number of rotatable bonds is 14. The number of para-hydroxylation sites is 2. The van der Waals surface area contributed by atoms with E-state index in [1.807, 2.05) is 19.1 Å². The van der Waals surface area contributed by atoms with Crippen molar-refractivity contribution < 1.29 is 0 Å². The van der Waals surface area contributed by atoms with E-state index >= 15 is 0 Å². The Morgan fingerprint density at radius 2 is 1.70 bits per heavy atom. The highest BCUT2D eigenvalue weighted by atomic mass is 15.2. The zero-order chi connectivity index (χ0) is 34.5. The zero-order valence-electron chi connectivity index (χ0n) is 29.1. The van der Waals surface area contributed by atoms with E-state index in [-0.39, 0.29) is 5.92 Å². The summed E-state index contributed by atoms with van der Waals surface area (Å²) in [5.74, 6) is 2.86. The van der Waals surface area contributed by atoms with Gasteiger partial charge in [0.25, 0.3) is 0 Å². The topological polar surface area (TPSA) is 56.7 Å². The van der Waals surface area contributed by atoms with E-state index in [9.17, 15) is 0 Å². The molecule has 0 bridgehead atoms. The van der Waals surface area contributed by atoms with Crippen LogP contribution in [-0.4, -0.2) is 34.8 Å². The van der Waals surface area contributed by atoms with Gasteiger partial charge in [0, 0.05) is 52.4 Å². The first-order valence-corrected chi connectivity index (χ1v) is 16.0. The van der Waals surface area contributed by atoms with Crippen molar-refractivity contribution in [3.05, 3.63) is 124 Å². The lowest BCUT2D eigenvalue weighted by Crippen LogP contribution is -2.36. The molecule has 3 rings (SSSR count). The molecule has 242 valence electrons. The van der Waals surface area contributed by atoms with E-state index in [1.54, 1.807) is 6.20 Å². The van der Waals surface area contributed by atoms with Crippen LogP contribution in [0, 0.1) is 23.7 Å². The van der Waals surface area contributed by atoms with Gasteiger partial charge < -0.3 is 14.9 Å². The first-order valence-electron chi connectivity index (χ1n) is 16.0. The van der Waals surface area contributed by atoms with Crippen molar-refractivity contribution in [1.29, 1.82) is 5.41 Å². The first-order chi connectivity index (χ1) is 22.5. The van der Waals surface area contributed by atoms with Gasteiger partial charge in [-0.2, -0.15) is 0 Å². The normalized spacial score (nSPS) is 14.2. The molecule has 3 aromatic rings. The monoisotopic (exact) mass is 623 g/mol. The zero-order valence-corrected chi connectivity index (χ0v) is 29.1. The van der Waals surface area contributed by atoms with E-state index < -0.39 is 0 Å². The largest absolute Gasteiger partial charge is 0.327 e. The van der Waals surface area contributed by atoms with Gasteiger partial charge in [-0.3, -0.25) is 9.98 Å². The summed E-state index contributed by atoms with van der Waals surface area (Å²) in [6.45, 7) is 22.9. The maximum atomic E-state index is 7.55. The van der Waals surface area contributed by atoms with E-state index in [0.29, 0.717) is 13.1 Å². The Bertz CT molecular complexity index is 1930. The number of hydrogen-bond acceptors (Lipinski definition) is 4. The standard InChI is InChI=1S/C42H49N5/c1-11-12-20-39-38-21-16-17-22-41(38)47(37-18-14-13-15-19-37)42(39)36(9)46(35(8)30(2)3)29-45-40(25-26-44-10)32(5)24-23-31(4)27-33(6)34(7)28-43/h1,13-26,28,34,43H,6,10,12,27,29H2,2-5,7-9H3/b26-25-,31-23-,32-24+,39-20-,42-36-,43-28?,45-40+. The molecule has 0 fully saturated rings. The van der Waals surface area contributed by atoms with Crippen molar-refractivity contribution in [1.82, 2.24) is 9.47 Å². The molecule has 1 heterocycles. The highest BCUT2D eigenvalue weighted by molar-refractivity contribution is 6.08. The summed E-state index contributed by atoms with van der Waals surface area (Å²) in [4.78, 5) is 11.4. The van der Waals surface area contributed by atoms with Gasteiger partial charge in [0.1, 0.15) is 6.67 Å². The fourth-order valence-electron chi connectivity index (χ4n) is 5.32. The van der Waals surface area contributed by atoms with Gasteiger partial charge in [0.2, 0.25) is 0 Å². The van der Waals surface area contributed by atoms with Gasteiger partial charge in [-0.25, -0.2) is 0 Å². The van der Waals surface area contributed by atoms with Crippen molar-refractivity contribution in [3.63, 3.8) is 0 Å². The fraction of sp³-hybridized carbons (Fsp3) is 0.262. The van der Waals surface area contributed by atoms with Crippen LogP contribution in [0.2, 0.25) is 0 Å². The van der Waals surface area contributed by atoms with Gasteiger partial charge in [-0.15, -0.1) is 12.3 Å². The van der Waals surface area contributed by atoms with E-state index in [2.05, 4.69) is 142 Å². The molecule has 0 radical (unpaired) electrons. The molecular formula is C42H49N5. The third-order valence-corrected chi connectivity index (χ3v) is 8.37. The average Bonchev–Trinajstić information content (AvgIpc) is 3.41. The van der Waals surface area contributed by atoms with Gasteiger partial charge >= 0.3 is 0 Å². The number of hydrogen-bond donors (Lipinski definition) is 1. The first kappa shape index (κ1) is 36.3. The molecule has 5 heteroatoms. The number of allylic oxidation sites excluding steroid dienone is 8. The summed E-state index contributed by atoms with van der Waals surface area (Å²) >= 11 is 0. The Kier molecular flexibility index (Phi) is 13.5. The highest BCUT2D eigenvalue weighted by Crippen LogP contribution is 2.21. The number of aromatic nitrogens is 1. The number of terminal acetylenes is 1. The van der Waals surface area contributed by atoms with Crippen LogP contribution >= 0.6 is 0 Å². The second-order valence-corrected chi connectivity index (χ2v) is 12.0. The molecule has 47 heavy (non-hydrogen) atoms. The van der Waals surface area contributed by atoms with Crippen molar-refractivity contribution in [2.75, 3.05) is 6.67 Å². The van der Waals surface area contributed by atoms with Gasteiger partial charge in [0.15, 0.2) is 0 Å². The summed E-state index contributed by atoms with van der Waals surface area (Å²) in [6.07, 6.45) is 18.4. The number of nitrogens with one attached hydrogen (secondary N) is 1. The molecule has 2 aromatic carbocycles. The molecular weight excluding hydrogens is 574 g/mol. The molecule has 5 nitrogen and oxygen atoms in total. The van der Waals surface area contributed by atoms with E-state index in [1.165, 1.54) is 17.4 Å². The Hall–Kier alpha value is -5.21. The molecule has 1 N–H and O–H groups in total. The Labute approximate surface area is 281 Å². The average molecular weight is 624 g/mol. The van der Waals surface area contributed by atoms with Crippen LogP contribution in [0.1, 0.15) is 61.3 Å². The minimum Gasteiger partial charge on any atom is -0.327 e. The smallest absolute Gasteiger partial charge is 0.115 e. The van der Waals surface area contributed by atoms with Crippen LogP contribution in [0.4, 0.5) is 0 Å². The minimum absolute atomic E-state index is 0.0520. The number of benzene rings is 2. The predicted molar refractivity (Wildman–Crippen MR) is 206 cm³/mol. The summed E-state index contributed by atoms with van der Waals surface area (Å²) in [7, 11) is 0. The lowest BCUT2D eigenvalue weighted by atomic mass is 9.97. The quantitative estimate of drug-likeness (QED) is 0.0829. The van der Waals surface area contributed by atoms with Crippen LogP contribution in [0.15, 0.2) is 124 Å². The van der Waals surface area contributed by atoms with Crippen molar-refractivity contribution in [3.8, 4) is 18.0 Å². The molecule has 0 aliphatic rings. The van der Waals surface area contributed by atoms with Crippen molar-refractivity contribution >= 4 is 41.3 Å². The Balaban J connectivity index is 2.28.